The van der Waals surface area contributed by atoms with Crippen molar-refractivity contribution in [1.82, 2.24) is 25.1 Å². The van der Waals surface area contributed by atoms with Crippen molar-refractivity contribution in [3.8, 4) is 11.4 Å². The van der Waals surface area contributed by atoms with Crippen LogP contribution in [0.4, 0.5) is 11.6 Å². The number of hydrogen-bond donors (Lipinski definition) is 3. The monoisotopic (exact) mass is 541 g/mol. The van der Waals surface area contributed by atoms with E-state index in [0.29, 0.717) is 37.0 Å². The number of aryl methyl sites for hydroxylation is 1. The van der Waals surface area contributed by atoms with Gasteiger partial charge in [0.05, 0.1) is 0 Å². The lowest BCUT2D eigenvalue weighted by Gasteiger charge is -2.24. The zero-order valence-corrected chi connectivity index (χ0v) is 23.2. The molecule has 9 heteroatoms. The Kier molecular flexibility index (Phi) is 9.23. The standard InChI is InChI=1S/C31H39N7O2/c1-23(39)32-15-16-33-29-26-22-27(34-30(26)36-28(35-29)25-13-6-3-7-14-25)31(40)38-19-9-18-37(20-21-38)17-8-12-24-10-4-2-5-11-24/h2-7,10-11,13-14,27H,8-9,12,15-22H2,1H3,(H,32,39)(H2,33,34,35,36). The van der Waals surface area contributed by atoms with Crippen molar-refractivity contribution in [3.05, 3.63) is 71.8 Å². The van der Waals surface area contributed by atoms with E-state index < -0.39 is 0 Å². The molecule has 1 fully saturated rings. The van der Waals surface area contributed by atoms with Crippen LogP contribution in [0.25, 0.3) is 11.4 Å². The Balaban J connectivity index is 1.21. The topological polar surface area (TPSA) is 102 Å². The molecule has 1 saturated heterocycles. The minimum absolute atomic E-state index is 0.0702. The molecule has 0 aliphatic carbocycles. The normalized spacial score (nSPS) is 17.0. The average molecular weight is 542 g/mol. The molecule has 2 aromatic carbocycles. The maximum Gasteiger partial charge on any atom is 0.245 e. The second kappa shape index (κ2) is 13.4. The van der Waals surface area contributed by atoms with Crippen molar-refractivity contribution in [2.75, 3.05) is 56.4 Å². The first-order chi connectivity index (χ1) is 19.6. The Morgan fingerprint density at radius 2 is 1.73 bits per heavy atom. The zero-order chi connectivity index (χ0) is 27.7. The van der Waals surface area contributed by atoms with E-state index >= 15 is 0 Å². The van der Waals surface area contributed by atoms with Gasteiger partial charge in [-0.3, -0.25) is 9.59 Å². The van der Waals surface area contributed by atoms with Gasteiger partial charge in [0.15, 0.2) is 5.82 Å². The van der Waals surface area contributed by atoms with Gasteiger partial charge >= 0.3 is 0 Å². The van der Waals surface area contributed by atoms with Crippen molar-refractivity contribution in [3.63, 3.8) is 0 Å². The van der Waals surface area contributed by atoms with Crippen LogP contribution in [0.1, 0.15) is 30.9 Å². The Morgan fingerprint density at radius 3 is 2.50 bits per heavy atom. The maximum atomic E-state index is 13.7. The van der Waals surface area contributed by atoms with Crippen molar-refractivity contribution in [2.24, 2.45) is 0 Å². The Bertz CT molecular complexity index is 1290. The van der Waals surface area contributed by atoms with Gasteiger partial charge in [0, 0.05) is 57.2 Å². The van der Waals surface area contributed by atoms with Crippen LogP contribution < -0.4 is 16.0 Å². The molecule has 40 heavy (non-hydrogen) atoms. The molecule has 1 unspecified atom stereocenters. The van der Waals surface area contributed by atoms with E-state index in [1.165, 1.54) is 12.5 Å². The third kappa shape index (κ3) is 7.15. The van der Waals surface area contributed by atoms with E-state index in [9.17, 15) is 9.59 Å². The number of nitrogens with zero attached hydrogens (tertiary/aromatic N) is 4. The number of anilines is 2. The molecule has 0 radical (unpaired) electrons. The summed E-state index contributed by atoms with van der Waals surface area (Å²) < 4.78 is 0. The number of aromatic nitrogens is 2. The predicted octanol–water partition coefficient (Wildman–Crippen LogP) is 3.20. The predicted molar refractivity (Wildman–Crippen MR) is 158 cm³/mol. The summed E-state index contributed by atoms with van der Waals surface area (Å²) in [7, 11) is 0. The van der Waals surface area contributed by atoms with Crippen LogP contribution >= 0.6 is 0 Å². The first-order valence-electron chi connectivity index (χ1n) is 14.3. The van der Waals surface area contributed by atoms with Crippen LogP contribution in [0.5, 0.6) is 0 Å². The molecule has 5 rings (SSSR count). The second-order valence-electron chi connectivity index (χ2n) is 10.5. The van der Waals surface area contributed by atoms with Crippen molar-refractivity contribution < 1.29 is 9.59 Å². The number of benzene rings is 2. The summed E-state index contributed by atoms with van der Waals surface area (Å²) in [5, 5.41) is 9.57. The summed E-state index contributed by atoms with van der Waals surface area (Å²) in [6.07, 6.45) is 3.71. The lowest BCUT2D eigenvalue weighted by atomic mass is 10.1. The molecule has 9 nitrogen and oxygen atoms in total. The van der Waals surface area contributed by atoms with Gasteiger partial charge < -0.3 is 25.8 Å². The van der Waals surface area contributed by atoms with Crippen LogP contribution in [0.3, 0.4) is 0 Å². The molecule has 2 aliphatic rings. The Hall–Kier alpha value is -3.98. The SMILES string of the molecule is CC(=O)NCCNc1nc(-c2ccccc2)nc2c1CC(C(=O)N1CCCN(CCCc3ccccc3)CC1)N2. The van der Waals surface area contributed by atoms with Crippen molar-refractivity contribution >= 4 is 23.5 Å². The molecule has 0 spiro atoms. The highest BCUT2D eigenvalue weighted by Gasteiger charge is 2.34. The molecule has 3 N–H and O–H groups in total. The van der Waals surface area contributed by atoms with E-state index in [0.717, 1.165) is 63.1 Å². The number of nitrogens with one attached hydrogen (secondary N) is 3. The van der Waals surface area contributed by atoms with Gasteiger partial charge in [0.1, 0.15) is 17.7 Å². The molecular weight excluding hydrogens is 502 g/mol. The van der Waals surface area contributed by atoms with Crippen molar-refractivity contribution in [1.29, 1.82) is 0 Å². The Morgan fingerprint density at radius 1 is 0.950 bits per heavy atom. The quantitative estimate of drug-likeness (QED) is 0.339. The maximum absolute atomic E-state index is 13.7. The molecule has 3 heterocycles. The van der Waals surface area contributed by atoms with Crippen LogP contribution in [-0.4, -0.2) is 83.4 Å². The zero-order valence-electron chi connectivity index (χ0n) is 23.2. The molecule has 2 aliphatic heterocycles. The van der Waals surface area contributed by atoms with E-state index in [1.807, 2.05) is 35.2 Å². The number of carbonyl (C=O) groups excluding carboxylic acids is 2. The lowest BCUT2D eigenvalue weighted by molar-refractivity contribution is -0.131. The van der Waals surface area contributed by atoms with Gasteiger partial charge in [-0.15, -0.1) is 0 Å². The van der Waals surface area contributed by atoms with Gasteiger partial charge in [-0.05, 0) is 37.9 Å². The molecule has 1 aromatic heterocycles. The van der Waals surface area contributed by atoms with Crippen LogP contribution in [0.2, 0.25) is 0 Å². The van der Waals surface area contributed by atoms with E-state index in [-0.39, 0.29) is 17.9 Å². The Labute approximate surface area is 236 Å². The van der Waals surface area contributed by atoms with Gasteiger partial charge in [0.25, 0.3) is 0 Å². The molecular formula is C31H39N7O2. The summed E-state index contributed by atoms with van der Waals surface area (Å²) in [5.74, 6) is 2.06. The van der Waals surface area contributed by atoms with Crippen LogP contribution in [0, 0.1) is 0 Å². The summed E-state index contributed by atoms with van der Waals surface area (Å²) in [6.45, 7) is 6.99. The van der Waals surface area contributed by atoms with E-state index in [4.69, 9.17) is 9.97 Å². The fourth-order valence-electron chi connectivity index (χ4n) is 5.43. The molecule has 3 aromatic rings. The molecule has 0 bridgehead atoms. The minimum Gasteiger partial charge on any atom is -0.368 e. The number of amides is 2. The minimum atomic E-state index is -0.365. The number of fused-ring (bicyclic) bond motifs is 1. The lowest BCUT2D eigenvalue weighted by Crippen LogP contribution is -2.44. The largest absolute Gasteiger partial charge is 0.368 e. The van der Waals surface area contributed by atoms with Gasteiger partial charge in [-0.1, -0.05) is 60.7 Å². The number of carbonyl (C=O) groups is 2. The van der Waals surface area contributed by atoms with Gasteiger partial charge in [-0.2, -0.15) is 0 Å². The van der Waals surface area contributed by atoms with E-state index in [2.05, 4.69) is 51.2 Å². The highest BCUT2D eigenvalue weighted by molar-refractivity contribution is 5.88. The number of rotatable bonds is 10. The smallest absolute Gasteiger partial charge is 0.245 e. The third-order valence-corrected chi connectivity index (χ3v) is 7.53. The fraction of sp³-hybridized carbons (Fsp3) is 0.419. The van der Waals surface area contributed by atoms with Crippen LogP contribution in [0.15, 0.2) is 60.7 Å². The van der Waals surface area contributed by atoms with Crippen molar-refractivity contribution in [2.45, 2.75) is 38.6 Å². The highest BCUT2D eigenvalue weighted by atomic mass is 16.2. The van der Waals surface area contributed by atoms with Crippen LogP contribution in [-0.2, 0) is 22.4 Å². The first kappa shape index (κ1) is 27.6. The van der Waals surface area contributed by atoms with E-state index in [1.54, 1.807) is 0 Å². The molecule has 210 valence electrons. The summed E-state index contributed by atoms with van der Waals surface area (Å²) in [6, 6.07) is 20.1. The fourth-order valence-corrected chi connectivity index (χ4v) is 5.43. The number of hydrogen-bond acceptors (Lipinski definition) is 7. The van der Waals surface area contributed by atoms with Gasteiger partial charge in [0.2, 0.25) is 11.8 Å². The summed E-state index contributed by atoms with van der Waals surface area (Å²) in [5.41, 5.74) is 3.20. The second-order valence-corrected chi connectivity index (χ2v) is 10.5. The molecule has 0 saturated carbocycles. The average Bonchev–Trinajstić information content (AvgIpc) is 3.28. The summed E-state index contributed by atoms with van der Waals surface area (Å²) in [4.78, 5) is 39.0. The molecule has 1 atom stereocenters. The third-order valence-electron chi connectivity index (χ3n) is 7.53. The first-order valence-corrected chi connectivity index (χ1v) is 14.3. The molecule has 2 amide bonds. The highest BCUT2D eigenvalue weighted by Crippen LogP contribution is 2.32. The summed E-state index contributed by atoms with van der Waals surface area (Å²) >= 11 is 0. The van der Waals surface area contributed by atoms with Gasteiger partial charge in [-0.25, -0.2) is 9.97 Å².